The molecule has 0 bridgehead atoms. The Morgan fingerprint density at radius 2 is 2.04 bits per heavy atom. The standard InChI is InChI=1S/C18H21N5O4/c1-11(2)9-20-16(26)21-14(24)10-23-15(25)18(3,22-17(23)27)13-6-4-5-12(7-13)8-19/h4-7,11H,9-10H2,1-3H3,(H,22,27)(H2,20,21,24,26)/t18-/m0/s1. The summed E-state index contributed by atoms with van der Waals surface area (Å²) >= 11 is 0. The van der Waals surface area contributed by atoms with Crippen LogP contribution in [0.25, 0.3) is 0 Å². The largest absolute Gasteiger partial charge is 0.338 e. The number of carbonyl (C=O) groups excluding carboxylic acids is 4. The number of nitrogens with one attached hydrogen (secondary N) is 3. The number of urea groups is 2. The number of rotatable bonds is 5. The Hall–Kier alpha value is -3.41. The minimum atomic E-state index is -1.40. The van der Waals surface area contributed by atoms with Crippen LogP contribution in [-0.2, 0) is 15.1 Å². The van der Waals surface area contributed by atoms with Gasteiger partial charge in [-0.15, -0.1) is 0 Å². The van der Waals surface area contributed by atoms with Gasteiger partial charge < -0.3 is 10.6 Å². The first-order valence-corrected chi connectivity index (χ1v) is 8.39. The summed E-state index contributed by atoms with van der Waals surface area (Å²) in [7, 11) is 0. The van der Waals surface area contributed by atoms with Crippen molar-refractivity contribution in [1.29, 1.82) is 5.26 Å². The van der Waals surface area contributed by atoms with Gasteiger partial charge in [0.05, 0.1) is 11.6 Å². The molecule has 0 aliphatic carbocycles. The predicted octanol–water partition coefficient (Wildman–Crippen LogP) is 0.807. The van der Waals surface area contributed by atoms with E-state index in [0.717, 1.165) is 4.90 Å². The van der Waals surface area contributed by atoms with Gasteiger partial charge in [0.2, 0.25) is 5.91 Å². The quantitative estimate of drug-likeness (QED) is 0.659. The second-order valence-electron chi connectivity index (χ2n) is 6.79. The van der Waals surface area contributed by atoms with E-state index in [2.05, 4.69) is 16.0 Å². The van der Waals surface area contributed by atoms with Crippen molar-refractivity contribution in [3.05, 3.63) is 35.4 Å². The molecule has 1 aromatic rings. The first-order valence-electron chi connectivity index (χ1n) is 8.39. The SMILES string of the molecule is CC(C)CNC(=O)NC(=O)CN1C(=O)N[C@@](C)(c2cccc(C#N)c2)C1=O. The van der Waals surface area contributed by atoms with E-state index in [0.29, 0.717) is 17.7 Å². The fraction of sp³-hybridized carbons (Fsp3) is 0.389. The third-order valence-electron chi connectivity index (χ3n) is 4.07. The van der Waals surface area contributed by atoms with Gasteiger partial charge in [-0.1, -0.05) is 26.0 Å². The van der Waals surface area contributed by atoms with Crippen LogP contribution in [0, 0.1) is 17.2 Å². The molecule has 9 heteroatoms. The molecule has 9 nitrogen and oxygen atoms in total. The topological polar surface area (TPSA) is 131 Å². The highest BCUT2D eigenvalue weighted by atomic mass is 16.2. The molecule has 1 fully saturated rings. The van der Waals surface area contributed by atoms with Crippen molar-refractivity contribution in [1.82, 2.24) is 20.9 Å². The summed E-state index contributed by atoms with van der Waals surface area (Å²) in [6, 6.07) is 6.83. The molecule has 27 heavy (non-hydrogen) atoms. The summed E-state index contributed by atoms with van der Waals surface area (Å²) in [5, 5.41) is 16.2. The molecule has 0 saturated carbocycles. The van der Waals surface area contributed by atoms with Crippen molar-refractivity contribution in [3.63, 3.8) is 0 Å². The minimum absolute atomic E-state index is 0.210. The highest BCUT2D eigenvalue weighted by Gasteiger charge is 2.49. The first-order chi connectivity index (χ1) is 12.7. The number of nitriles is 1. The summed E-state index contributed by atoms with van der Waals surface area (Å²) in [5.41, 5.74) is -0.629. The van der Waals surface area contributed by atoms with E-state index in [1.165, 1.54) is 13.0 Å². The van der Waals surface area contributed by atoms with E-state index >= 15 is 0 Å². The van der Waals surface area contributed by atoms with E-state index in [9.17, 15) is 19.2 Å². The summed E-state index contributed by atoms with van der Waals surface area (Å²) in [6.45, 7) is 5.09. The lowest BCUT2D eigenvalue weighted by Gasteiger charge is -2.22. The Morgan fingerprint density at radius 1 is 1.33 bits per heavy atom. The maximum Gasteiger partial charge on any atom is 0.325 e. The summed E-state index contributed by atoms with van der Waals surface area (Å²) in [5.74, 6) is -1.21. The lowest BCUT2D eigenvalue weighted by atomic mass is 9.91. The zero-order valence-electron chi connectivity index (χ0n) is 15.3. The maximum atomic E-state index is 12.8. The van der Waals surface area contributed by atoms with Crippen LogP contribution >= 0.6 is 0 Å². The fourth-order valence-electron chi connectivity index (χ4n) is 2.59. The van der Waals surface area contributed by atoms with E-state index in [1.807, 2.05) is 19.9 Å². The van der Waals surface area contributed by atoms with Crippen LogP contribution in [0.4, 0.5) is 9.59 Å². The smallest absolute Gasteiger partial charge is 0.325 e. The lowest BCUT2D eigenvalue weighted by molar-refractivity contribution is -0.134. The molecule has 1 atom stereocenters. The first kappa shape index (κ1) is 19.9. The Labute approximate surface area is 156 Å². The molecular weight excluding hydrogens is 350 g/mol. The van der Waals surface area contributed by atoms with Crippen LogP contribution < -0.4 is 16.0 Å². The molecule has 0 aromatic heterocycles. The van der Waals surface area contributed by atoms with E-state index in [1.54, 1.807) is 18.2 Å². The van der Waals surface area contributed by atoms with Crippen LogP contribution in [0.15, 0.2) is 24.3 Å². The molecule has 1 aromatic carbocycles. The summed E-state index contributed by atoms with van der Waals surface area (Å²) < 4.78 is 0. The predicted molar refractivity (Wildman–Crippen MR) is 95.1 cm³/mol. The van der Waals surface area contributed by atoms with Gasteiger partial charge in [-0.3, -0.25) is 19.8 Å². The van der Waals surface area contributed by atoms with Gasteiger partial charge in [-0.2, -0.15) is 5.26 Å². The Kier molecular flexibility index (Phi) is 5.80. The van der Waals surface area contributed by atoms with Gasteiger partial charge in [0.15, 0.2) is 0 Å². The van der Waals surface area contributed by atoms with E-state index < -0.39 is 36.0 Å². The molecule has 1 saturated heterocycles. The number of carbonyl (C=O) groups is 4. The Morgan fingerprint density at radius 3 is 2.67 bits per heavy atom. The maximum absolute atomic E-state index is 12.8. The zero-order valence-corrected chi connectivity index (χ0v) is 15.3. The number of nitrogens with zero attached hydrogens (tertiary/aromatic N) is 2. The van der Waals surface area contributed by atoms with Crippen LogP contribution in [0.3, 0.4) is 0 Å². The van der Waals surface area contributed by atoms with Crippen molar-refractivity contribution in [3.8, 4) is 6.07 Å². The second kappa shape index (κ2) is 7.86. The third kappa shape index (κ3) is 4.41. The fourth-order valence-corrected chi connectivity index (χ4v) is 2.59. The molecule has 1 aliphatic rings. The molecule has 0 radical (unpaired) electrons. The number of imide groups is 2. The van der Waals surface area contributed by atoms with Crippen LogP contribution in [0.1, 0.15) is 31.9 Å². The van der Waals surface area contributed by atoms with Crippen molar-refractivity contribution in [2.45, 2.75) is 26.3 Å². The molecule has 2 rings (SSSR count). The van der Waals surface area contributed by atoms with Crippen molar-refractivity contribution in [2.75, 3.05) is 13.1 Å². The minimum Gasteiger partial charge on any atom is -0.338 e. The molecule has 0 unspecified atom stereocenters. The average Bonchev–Trinajstić information content (AvgIpc) is 2.84. The number of amides is 6. The number of benzene rings is 1. The van der Waals surface area contributed by atoms with Crippen molar-refractivity contribution >= 4 is 23.9 Å². The van der Waals surface area contributed by atoms with Gasteiger partial charge in [-0.05, 0) is 30.5 Å². The van der Waals surface area contributed by atoms with Gasteiger partial charge in [0.25, 0.3) is 5.91 Å². The van der Waals surface area contributed by atoms with E-state index in [-0.39, 0.29) is 5.92 Å². The summed E-state index contributed by atoms with van der Waals surface area (Å²) in [4.78, 5) is 49.3. The van der Waals surface area contributed by atoms with Gasteiger partial charge >= 0.3 is 12.1 Å². The van der Waals surface area contributed by atoms with Gasteiger partial charge in [0.1, 0.15) is 12.1 Å². The molecule has 1 heterocycles. The van der Waals surface area contributed by atoms with E-state index in [4.69, 9.17) is 5.26 Å². The lowest BCUT2D eigenvalue weighted by Crippen LogP contribution is -2.47. The Bertz CT molecular complexity index is 829. The normalized spacial score (nSPS) is 18.9. The van der Waals surface area contributed by atoms with Crippen LogP contribution in [0.2, 0.25) is 0 Å². The highest BCUT2D eigenvalue weighted by Crippen LogP contribution is 2.29. The Balaban J connectivity index is 2.08. The van der Waals surface area contributed by atoms with Crippen molar-refractivity contribution in [2.24, 2.45) is 5.92 Å². The third-order valence-corrected chi connectivity index (χ3v) is 4.07. The van der Waals surface area contributed by atoms with Crippen molar-refractivity contribution < 1.29 is 19.2 Å². The van der Waals surface area contributed by atoms with Crippen LogP contribution in [0.5, 0.6) is 0 Å². The molecule has 3 N–H and O–H groups in total. The monoisotopic (exact) mass is 371 g/mol. The summed E-state index contributed by atoms with van der Waals surface area (Å²) in [6.07, 6.45) is 0. The van der Waals surface area contributed by atoms with Gasteiger partial charge in [0, 0.05) is 6.54 Å². The molecule has 1 aliphatic heterocycles. The van der Waals surface area contributed by atoms with Gasteiger partial charge in [-0.25, -0.2) is 9.59 Å². The molecule has 6 amide bonds. The average molecular weight is 371 g/mol. The van der Waals surface area contributed by atoms with Crippen LogP contribution in [-0.4, -0.2) is 41.9 Å². The highest BCUT2D eigenvalue weighted by molar-refractivity contribution is 6.10. The number of hydrogen-bond donors (Lipinski definition) is 3. The molecular formula is C18H21N5O4. The number of hydrogen-bond acceptors (Lipinski definition) is 5. The zero-order chi connectivity index (χ0) is 20.2. The molecule has 0 spiro atoms. The second-order valence-corrected chi connectivity index (χ2v) is 6.79. The molecule has 142 valence electrons.